The van der Waals surface area contributed by atoms with E-state index in [9.17, 15) is 9.59 Å². The van der Waals surface area contributed by atoms with Crippen molar-refractivity contribution in [3.05, 3.63) is 37.5 Å². The van der Waals surface area contributed by atoms with Crippen LogP contribution >= 0.6 is 0 Å². The first-order valence-corrected chi connectivity index (χ1v) is 4.43. The van der Waals surface area contributed by atoms with Crippen molar-refractivity contribution in [3.63, 3.8) is 0 Å². The van der Waals surface area contributed by atoms with Gasteiger partial charge in [0, 0.05) is 5.57 Å². The van der Waals surface area contributed by atoms with Crippen LogP contribution in [0.2, 0.25) is 0 Å². The molecule has 82 valence electrons. The van der Waals surface area contributed by atoms with E-state index in [1.54, 1.807) is 0 Å². The van der Waals surface area contributed by atoms with Gasteiger partial charge in [0.25, 0.3) is 0 Å². The highest BCUT2D eigenvalue weighted by molar-refractivity contribution is 6.01. The van der Waals surface area contributed by atoms with Gasteiger partial charge in [-0.25, -0.2) is 0 Å². The Morgan fingerprint density at radius 3 is 1.73 bits per heavy atom. The molecular weight excluding hydrogens is 192 g/mol. The van der Waals surface area contributed by atoms with Gasteiger partial charge in [0.05, 0.1) is 5.41 Å². The Hall–Kier alpha value is -1.84. The molecule has 0 atom stereocenters. The number of carbonyl (C=O) groups is 2. The molecule has 0 saturated heterocycles. The molecule has 0 radical (unpaired) electrons. The fourth-order valence-corrected chi connectivity index (χ4v) is 1.41. The van der Waals surface area contributed by atoms with Gasteiger partial charge in [-0.3, -0.25) is 9.59 Å². The highest BCUT2D eigenvalue weighted by atomic mass is 16.2. The monoisotopic (exact) mass is 208 g/mol. The Kier molecular flexibility index (Phi) is 4.51. The molecule has 15 heavy (non-hydrogen) atoms. The molecule has 0 aromatic rings. The molecule has 0 aromatic heterocycles. The predicted molar refractivity (Wildman–Crippen MR) is 59.6 cm³/mol. The molecule has 0 fully saturated rings. The fraction of sp³-hybridized carbons (Fsp3) is 0.273. The van der Waals surface area contributed by atoms with Gasteiger partial charge in [0.2, 0.25) is 11.8 Å². The molecule has 4 heteroatoms. The van der Waals surface area contributed by atoms with E-state index >= 15 is 0 Å². The zero-order valence-electron chi connectivity index (χ0n) is 8.66. The summed E-state index contributed by atoms with van der Waals surface area (Å²) in [6.45, 7) is 10.5. The van der Waals surface area contributed by atoms with Gasteiger partial charge < -0.3 is 11.5 Å². The van der Waals surface area contributed by atoms with Crippen LogP contribution in [-0.2, 0) is 9.59 Å². The van der Waals surface area contributed by atoms with E-state index < -0.39 is 17.2 Å². The molecule has 0 aliphatic heterocycles. The van der Waals surface area contributed by atoms with Gasteiger partial charge >= 0.3 is 0 Å². The Morgan fingerprint density at radius 2 is 1.53 bits per heavy atom. The Balaban J connectivity index is 5.37. The third kappa shape index (κ3) is 2.56. The standard InChI is InChI=1S/C11H16N2O2/c1-4-6-11(7-5-2,10(13)15)8(3)9(12)14/h4-5H,1-3,6-7H2,(H2,12,14)(H2,13,15). The summed E-state index contributed by atoms with van der Waals surface area (Å²) in [5, 5.41) is 0. The zero-order chi connectivity index (χ0) is 12.1. The van der Waals surface area contributed by atoms with E-state index in [1.807, 2.05) is 0 Å². The van der Waals surface area contributed by atoms with Crippen molar-refractivity contribution in [1.29, 1.82) is 0 Å². The summed E-state index contributed by atoms with van der Waals surface area (Å²) < 4.78 is 0. The third-order valence-corrected chi connectivity index (χ3v) is 2.33. The van der Waals surface area contributed by atoms with Crippen molar-refractivity contribution in [1.82, 2.24) is 0 Å². The van der Waals surface area contributed by atoms with E-state index in [0.29, 0.717) is 0 Å². The average molecular weight is 208 g/mol. The van der Waals surface area contributed by atoms with Crippen molar-refractivity contribution in [2.75, 3.05) is 0 Å². The molecule has 0 spiro atoms. The Morgan fingerprint density at radius 1 is 1.13 bits per heavy atom. The summed E-state index contributed by atoms with van der Waals surface area (Å²) >= 11 is 0. The van der Waals surface area contributed by atoms with E-state index in [1.165, 1.54) is 12.2 Å². The lowest BCUT2D eigenvalue weighted by atomic mass is 9.74. The van der Waals surface area contributed by atoms with Crippen molar-refractivity contribution < 1.29 is 9.59 Å². The summed E-state index contributed by atoms with van der Waals surface area (Å²) in [6.07, 6.45) is 3.44. The fourth-order valence-electron chi connectivity index (χ4n) is 1.41. The summed E-state index contributed by atoms with van der Waals surface area (Å²) in [6, 6.07) is 0. The minimum atomic E-state index is -1.19. The van der Waals surface area contributed by atoms with Gasteiger partial charge in [-0.15, -0.1) is 13.2 Å². The molecule has 4 N–H and O–H groups in total. The number of primary amides is 2. The molecule has 0 unspecified atom stereocenters. The Bertz CT molecular complexity index is 309. The first kappa shape index (κ1) is 13.2. The second-order valence-corrected chi connectivity index (χ2v) is 3.27. The van der Waals surface area contributed by atoms with Crippen LogP contribution in [0.5, 0.6) is 0 Å². The Labute approximate surface area is 89.3 Å². The second-order valence-electron chi connectivity index (χ2n) is 3.27. The van der Waals surface area contributed by atoms with Crippen molar-refractivity contribution in [3.8, 4) is 0 Å². The van der Waals surface area contributed by atoms with Crippen LogP contribution in [0.25, 0.3) is 0 Å². The number of nitrogens with two attached hydrogens (primary N) is 2. The van der Waals surface area contributed by atoms with Gasteiger partial charge in [-0.2, -0.15) is 0 Å². The molecule has 2 amide bonds. The molecule has 0 saturated carbocycles. The maximum Gasteiger partial charge on any atom is 0.245 e. The van der Waals surface area contributed by atoms with Crippen LogP contribution in [-0.4, -0.2) is 11.8 Å². The van der Waals surface area contributed by atoms with Gasteiger partial charge in [-0.1, -0.05) is 18.7 Å². The molecular formula is C11H16N2O2. The van der Waals surface area contributed by atoms with Gasteiger partial charge in [-0.05, 0) is 12.8 Å². The first-order valence-electron chi connectivity index (χ1n) is 4.43. The predicted octanol–water partition coefficient (Wildman–Crippen LogP) is 0.652. The van der Waals surface area contributed by atoms with Crippen LogP contribution in [0.3, 0.4) is 0 Å². The SMILES string of the molecule is C=CCC(CC=C)(C(=C)C(N)=O)C(N)=O. The van der Waals surface area contributed by atoms with Crippen LogP contribution in [0.15, 0.2) is 37.5 Å². The lowest BCUT2D eigenvalue weighted by Crippen LogP contribution is -2.41. The first-order chi connectivity index (χ1) is 6.92. The number of rotatable bonds is 7. The number of allylic oxidation sites excluding steroid dienone is 2. The van der Waals surface area contributed by atoms with Crippen LogP contribution < -0.4 is 11.5 Å². The lowest BCUT2D eigenvalue weighted by molar-refractivity contribution is -0.128. The normalized spacial score (nSPS) is 10.4. The molecule has 0 aromatic carbocycles. The van der Waals surface area contributed by atoms with E-state index in [4.69, 9.17) is 11.5 Å². The maximum atomic E-state index is 11.4. The number of hydrogen-bond acceptors (Lipinski definition) is 2. The molecule has 0 rings (SSSR count). The quantitative estimate of drug-likeness (QED) is 0.475. The van der Waals surface area contributed by atoms with Crippen LogP contribution in [0.4, 0.5) is 0 Å². The van der Waals surface area contributed by atoms with Crippen molar-refractivity contribution in [2.24, 2.45) is 16.9 Å². The lowest BCUT2D eigenvalue weighted by Gasteiger charge is -2.28. The van der Waals surface area contributed by atoms with Crippen LogP contribution in [0.1, 0.15) is 12.8 Å². The molecule has 0 aliphatic carbocycles. The topological polar surface area (TPSA) is 86.2 Å². The van der Waals surface area contributed by atoms with Crippen LogP contribution in [0, 0.1) is 5.41 Å². The molecule has 4 nitrogen and oxygen atoms in total. The average Bonchev–Trinajstić information content (AvgIpc) is 2.15. The number of amides is 2. The maximum absolute atomic E-state index is 11.4. The second kappa shape index (κ2) is 5.14. The summed E-state index contributed by atoms with van der Waals surface area (Å²) in [5.41, 5.74) is 9.20. The molecule has 0 heterocycles. The summed E-state index contributed by atoms with van der Waals surface area (Å²) in [7, 11) is 0. The summed E-state index contributed by atoms with van der Waals surface area (Å²) in [5.74, 6) is -1.39. The molecule has 0 bridgehead atoms. The number of hydrogen-bond donors (Lipinski definition) is 2. The largest absolute Gasteiger partial charge is 0.369 e. The van der Waals surface area contributed by atoms with E-state index in [2.05, 4.69) is 19.7 Å². The van der Waals surface area contributed by atoms with Crippen molar-refractivity contribution >= 4 is 11.8 Å². The third-order valence-electron chi connectivity index (χ3n) is 2.33. The van der Waals surface area contributed by atoms with Gasteiger partial charge in [0.15, 0.2) is 0 Å². The smallest absolute Gasteiger partial charge is 0.245 e. The summed E-state index contributed by atoms with van der Waals surface area (Å²) in [4.78, 5) is 22.5. The minimum absolute atomic E-state index is 0.00481. The highest BCUT2D eigenvalue weighted by Gasteiger charge is 2.39. The van der Waals surface area contributed by atoms with Gasteiger partial charge in [0.1, 0.15) is 0 Å². The highest BCUT2D eigenvalue weighted by Crippen LogP contribution is 2.34. The number of carbonyl (C=O) groups excluding carboxylic acids is 2. The van der Waals surface area contributed by atoms with Crippen molar-refractivity contribution in [2.45, 2.75) is 12.8 Å². The van der Waals surface area contributed by atoms with E-state index in [-0.39, 0.29) is 18.4 Å². The minimum Gasteiger partial charge on any atom is -0.369 e. The molecule has 0 aliphatic rings. The van der Waals surface area contributed by atoms with E-state index in [0.717, 1.165) is 0 Å². The zero-order valence-corrected chi connectivity index (χ0v) is 8.66.